The van der Waals surface area contributed by atoms with Crippen molar-refractivity contribution in [1.29, 1.82) is 0 Å². The minimum atomic E-state index is -0.315. The molecule has 0 aliphatic heterocycles. The van der Waals surface area contributed by atoms with Crippen LogP contribution < -0.4 is 10.6 Å². The van der Waals surface area contributed by atoms with E-state index in [2.05, 4.69) is 20.7 Å². The predicted molar refractivity (Wildman–Crippen MR) is 87.1 cm³/mol. The summed E-state index contributed by atoms with van der Waals surface area (Å²) >= 11 is 5.94. The van der Waals surface area contributed by atoms with E-state index in [0.29, 0.717) is 5.69 Å². The molecule has 0 aliphatic carbocycles. The fourth-order valence-electron chi connectivity index (χ4n) is 2.47. The summed E-state index contributed by atoms with van der Waals surface area (Å²) in [6.07, 6.45) is 2.34. The Balaban J connectivity index is 2.13. The summed E-state index contributed by atoms with van der Waals surface area (Å²) in [5, 5.41) is 10.3. The average Bonchev–Trinajstić information content (AvgIpc) is 2.72. The summed E-state index contributed by atoms with van der Waals surface area (Å²) in [5.41, 5.74) is 3.50. The number of amides is 2. The Morgan fingerprint density at radius 1 is 1.45 bits per heavy atom. The van der Waals surface area contributed by atoms with Crippen LogP contribution in [0.3, 0.4) is 0 Å². The van der Waals surface area contributed by atoms with E-state index in [-0.39, 0.29) is 17.2 Å². The normalized spacial score (nSPS) is 12.0. The van der Waals surface area contributed by atoms with Crippen LogP contribution in [0.4, 0.5) is 10.5 Å². The maximum atomic E-state index is 12.2. The number of aryl methyl sites for hydroxylation is 2. The number of nitrogens with one attached hydrogen (secondary N) is 2. The zero-order valence-corrected chi connectivity index (χ0v) is 13.9. The third kappa shape index (κ3) is 3.39. The first-order chi connectivity index (χ1) is 10.4. The third-order valence-electron chi connectivity index (χ3n) is 3.63. The molecule has 0 unspecified atom stereocenters. The van der Waals surface area contributed by atoms with E-state index in [0.717, 1.165) is 23.4 Å². The lowest BCUT2D eigenvalue weighted by Gasteiger charge is -2.18. The molecule has 2 heterocycles. The number of aromatic nitrogens is 3. The summed E-state index contributed by atoms with van der Waals surface area (Å²) < 4.78 is 1.82. The van der Waals surface area contributed by atoms with Crippen molar-refractivity contribution in [2.24, 2.45) is 7.05 Å². The van der Waals surface area contributed by atoms with Crippen LogP contribution in [0.2, 0.25) is 5.15 Å². The molecule has 0 aliphatic rings. The van der Waals surface area contributed by atoms with E-state index >= 15 is 0 Å². The van der Waals surface area contributed by atoms with Crippen LogP contribution in [0.25, 0.3) is 0 Å². The fourth-order valence-corrected chi connectivity index (χ4v) is 2.64. The van der Waals surface area contributed by atoms with Crippen molar-refractivity contribution in [3.05, 3.63) is 40.4 Å². The summed E-state index contributed by atoms with van der Waals surface area (Å²) in [4.78, 5) is 16.1. The van der Waals surface area contributed by atoms with Crippen LogP contribution in [-0.4, -0.2) is 20.8 Å². The van der Waals surface area contributed by atoms with Crippen molar-refractivity contribution < 1.29 is 4.79 Å². The van der Waals surface area contributed by atoms with E-state index in [4.69, 9.17) is 11.6 Å². The van der Waals surface area contributed by atoms with Crippen molar-refractivity contribution in [3.63, 3.8) is 0 Å². The molecule has 1 atom stereocenters. The standard InChI is InChI=1S/C15H20ClN5O/c1-5-11(13-9(2)20-21(4)10(13)3)18-15(22)19-12-7-6-8-17-14(12)16/h6-8,11H,5H2,1-4H3,(H2,18,19,22)/t11-/m0/s1. The second-order valence-corrected chi connectivity index (χ2v) is 5.47. The molecule has 0 fully saturated rings. The number of carbonyl (C=O) groups excluding carboxylic acids is 1. The molecule has 6 nitrogen and oxygen atoms in total. The zero-order valence-electron chi connectivity index (χ0n) is 13.1. The molecule has 2 amide bonds. The number of anilines is 1. The highest BCUT2D eigenvalue weighted by Gasteiger charge is 2.20. The number of pyridine rings is 1. The molecule has 0 saturated carbocycles. The van der Waals surface area contributed by atoms with Gasteiger partial charge in [-0.2, -0.15) is 5.10 Å². The number of halogens is 1. The summed E-state index contributed by atoms with van der Waals surface area (Å²) in [5.74, 6) is 0. The van der Waals surface area contributed by atoms with Crippen LogP contribution in [0.1, 0.15) is 36.3 Å². The van der Waals surface area contributed by atoms with Gasteiger partial charge in [-0.25, -0.2) is 9.78 Å². The maximum absolute atomic E-state index is 12.2. The number of nitrogens with zero attached hydrogens (tertiary/aromatic N) is 3. The Kier molecular flexibility index (Phi) is 5.03. The van der Waals surface area contributed by atoms with Crippen LogP contribution >= 0.6 is 11.6 Å². The number of hydrogen-bond acceptors (Lipinski definition) is 3. The number of urea groups is 1. The van der Waals surface area contributed by atoms with Gasteiger partial charge in [0.25, 0.3) is 0 Å². The van der Waals surface area contributed by atoms with Gasteiger partial charge < -0.3 is 10.6 Å². The molecular weight excluding hydrogens is 302 g/mol. The molecule has 118 valence electrons. The predicted octanol–water partition coefficient (Wildman–Crippen LogP) is 3.36. The van der Waals surface area contributed by atoms with Crippen molar-refractivity contribution in [2.75, 3.05) is 5.32 Å². The van der Waals surface area contributed by atoms with E-state index in [1.54, 1.807) is 18.3 Å². The lowest BCUT2D eigenvalue weighted by Crippen LogP contribution is -2.33. The number of rotatable bonds is 4. The van der Waals surface area contributed by atoms with Gasteiger partial charge in [-0.3, -0.25) is 4.68 Å². The van der Waals surface area contributed by atoms with E-state index in [1.165, 1.54) is 0 Å². The van der Waals surface area contributed by atoms with Gasteiger partial charge in [0.05, 0.1) is 17.4 Å². The van der Waals surface area contributed by atoms with Crippen molar-refractivity contribution in [2.45, 2.75) is 33.2 Å². The molecule has 0 aromatic carbocycles. The first-order valence-electron chi connectivity index (χ1n) is 7.12. The summed E-state index contributed by atoms with van der Waals surface area (Å²) in [6, 6.07) is 3.00. The first-order valence-corrected chi connectivity index (χ1v) is 7.50. The van der Waals surface area contributed by atoms with Crippen LogP contribution in [0.15, 0.2) is 18.3 Å². The fraction of sp³-hybridized carbons (Fsp3) is 0.400. The zero-order chi connectivity index (χ0) is 16.3. The van der Waals surface area contributed by atoms with Crippen LogP contribution in [0.5, 0.6) is 0 Å². The lowest BCUT2D eigenvalue weighted by atomic mass is 10.0. The number of hydrogen-bond donors (Lipinski definition) is 2. The minimum absolute atomic E-state index is 0.107. The summed E-state index contributed by atoms with van der Waals surface area (Å²) in [6.45, 7) is 5.96. The lowest BCUT2D eigenvalue weighted by molar-refractivity contribution is 0.248. The molecule has 2 aromatic rings. The van der Waals surface area contributed by atoms with E-state index in [9.17, 15) is 4.79 Å². The average molecular weight is 322 g/mol. The van der Waals surface area contributed by atoms with Crippen molar-refractivity contribution >= 4 is 23.3 Å². The Labute approximate surface area is 134 Å². The van der Waals surface area contributed by atoms with Gasteiger partial charge in [0, 0.05) is 24.5 Å². The Hall–Kier alpha value is -2.08. The Bertz CT molecular complexity index is 683. The maximum Gasteiger partial charge on any atom is 0.319 e. The molecule has 22 heavy (non-hydrogen) atoms. The molecule has 0 saturated heterocycles. The van der Waals surface area contributed by atoms with Gasteiger partial charge in [0.1, 0.15) is 0 Å². The third-order valence-corrected chi connectivity index (χ3v) is 3.94. The Morgan fingerprint density at radius 3 is 2.73 bits per heavy atom. The van der Waals surface area contributed by atoms with E-state index < -0.39 is 0 Å². The Morgan fingerprint density at radius 2 is 2.18 bits per heavy atom. The second-order valence-electron chi connectivity index (χ2n) is 5.11. The molecule has 2 aromatic heterocycles. The minimum Gasteiger partial charge on any atom is -0.331 e. The quantitative estimate of drug-likeness (QED) is 0.848. The highest BCUT2D eigenvalue weighted by molar-refractivity contribution is 6.32. The number of carbonyl (C=O) groups is 1. The SMILES string of the molecule is CC[C@H](NC(=O)Nc1cccnc1Cl)c1c(C)nn(C)c1C. The molecule has 0 radical (unpaired) electrons. The topological polar surface area (TPSA) is 71.8 Å². The monoisotopic (exact) mass is 321 g/mol. The van der Waals surface area contributed by atoms with Gasteiger partial charge >= 0.3 is 6.03 Å². The largest absolute Gasteiger partial charge is 0.331 e. The van der Waals surface area contributed by atoms with Gasteiger partial charge in [-0.1, -0.05) is 18.5 Å². The molecule has 2 rings (SSSR count). The van der Waals surface area contributed by atoms with Crippen LogP contribution in [0, 0.1) is 13.8 Å². The molecule has 2 N–H and O–H groups in total. The van der Waals surface area contributed by atoms with Gasteiger partial charge in [0.15, 0.2) is 5.15 Å². The smallest absolute Gasteiger partial charge is 0.319 e. The molecule has 0 bridgehead atoms. The van der Waals surface area contributed by atoms with Gasteiger partial charge in [0.2, 0.25) is 0 Å². The second kappa shape index (κ2) is 6.79. The van der Waals surface area contributed by atoms with E-state index in [1.807, 2.05) is 32.5 Å². The van der Waals surface area contributed by atoms with Gasteiger partial charge in [-0.05, 0) is 32.4 Å². The van der Waals surface area contributed by atoms with Crippen molar-refractivity contribution in [3.8, 4) is 0 Å². The van der Waals surface area contributed by atoms with Gasteiger partial charge in [-0.15, -0.1) is 0 Å². The first kappa shape index (κ1) is 16.3. The van der Waals surface area contributed by atoms with Crippen LogP contribution in [-0.2, 0) is 7.05 Å². The highest BCUT2D eigenvalue weighted by Crippen LogP contribution is 2.24. The molecule has 7 heteroatoms. The highest BCUT2D eigenvalue weighted by atomic mass is 35.5. The summed E-state index contributed by atoms with van der Waals surface area (Å²) in [7, 11) is 1.90. The van der Waals surface area contributed by atoms with Crippen molar-refractivity contribution in [1.82, 2.24) is 20.1 Å². The molecule has 0 spiro atoms. The molecular formula is C15H20ClN5O.